The predicted octanol–water partition coefficient (Wildman–Crippen LogP) is 4.66. The molecule has 0 aromatic heterocycles. The van der Waals surface area contributed by atoms with Crippen molar-refractivity contribution in [2.24, 2.45) is 5.10 Å². The van der Waals surface area contributed by atoms with E-state index < -0.39 is 0 Å². The third-order valence-electron chi connectivity index (χ3n) is 4.09. The minimum atomic E-state index is -0.292. The Balaban J connectivity index is 1.64. The van der Waals surface area contributed by atoms with Crippen LogP contribution in [0.5, 0.6) is 5.75 Å². The number of rotatable bonds is 7. The van der Waals surface area contributed by atoms with Gasteiger partial charge in [0.15, 0.2) is 6.61 Å². The Labute approximate surface area is 159 Å². The van der Waals surface area contributed by atoms with Crippen LogP contribution in [0.3, 0.4) is 0 Å². The summed E-state index contributed by atoms with van der Waals surface area (Å²) < 4.78 is 5.74. The van der Waals surface area contributed by atoms with Crippen LogP contribution >= 0.6 is 0 Å². The lowest BCUT2D eigenvalue weighted by molar-refractivity contribution is -0.123. The van der Waals surface area contributed by atoms with Crippen molar-refractivity contribution in [3.63, 3.8) is 0 Å². The third kappa shape index (κ3) is 5.05. The summed E-state index contributed by atoms with van der Waals surface area (Å²) in [6.45, 7) is 1.91. The molecule has 3 aromatic carbocycles. The molecule has 3 aromatic rings. The molecule has 4 nitrogen and oxygen atoms in total. The summed E-state index contributed by atoms with van der Waals surface area (Å²) in [4.78, 5) is 12.2. The fraction of sp³-hybridized carbons (Fsp3) is 0.130. The van der Waals surface area contributed by atoms with E-state index in [-0.39, 0.29) is 12.5 Å². The molecule has 0 saturated heterocycles. The van der Waals surface area contributed by atoms with E-state index in [9.17, 15) is 4.79 Å². The highest BCUT2D eigenvalue weighted by atomic mass is 16.5. The zero-order valence-electron chi connectivity index (χ0n) is 15.3. The molecule has 0 aliphatic rings. The van der Waals surface area contributed by atoms with Gasteiger partial charge in [-0.1, -0.05) is 85.8 Å². The monoisotopic (exact) mass is 358 g/mol. The van der Waals surface area contributed by atoms with Crippen molar-refractivity contribution in [2.75, 3.05) is 6.61 Å². The van der Waals surface area contributed by atoms with Crippen LogP contribution in [0.15, 0.2) is 90.0 Å². The number of hydrogen-bond acceptors (Lipinski definition) is 3. The largest absolute Gasteiger partial charge is 0.483 e. The van der Waals surface area contributed by atoms with E-state index in [4.69, 9.17) is 4.74 Å². The normalized spacial score (nSPS) is 11.1. The van der Waals surface area contributed by atoms with Crippen molar-refractivity contribution in [1.29, 1.82) is 0 Å². The summed E-state index contributed by atoms with van der Waals surface area (Å²) in [5.74, 6) is 0.376. The van der Waals surface area contributed by atoms with E-state index in [1.807, 2.05) is 91.9 Å². The molecule has 3 rings (SSSR count). The Bertz CT molecular complexity index is 906. The number of para-hydroxylation sites is 1. The van der Waals surface area contributed by atoms with Gasteiger partial charge in [-0.3, -0.25) is 4.79 Å². The van der Waals surface area contributed by atoms with Crippen LogP contribution in [0.1, 0.15) is 18.9 Å². The predicted molar refractivity (Wildman–Crippen MR) is 109 cm³/mol. The summed E-state index contributed by atoms with van der Waals surface area (Å²) in [7, 11) is 0. The van der Waals surface area contributed by atoms with Gasteiger partial charge >= 0.3 is 0 Å². The fourth-order valence-corrected chi connectivity index (χ4v) is 2.73. The van der Waals surface area contributed by atoms with Crippen LogP contribution in [0, 0.1) is 0 Å². The van der Waals surface area contributed by atoms with Gasteiger partial charge in [-0.25, -0.2) is 5.43 Å². The SMILES string of the molecule is CC/C(=N\NC(=O)COc1ccccc1-c1ccccc1)c1ccccc1. The maximum absolute atomic E-state index is 12.2. The lowest BCUT2D eigenvalue weighted by Crippen LogP contribution is -2.26. The second kappa shape index (κ2) is 9.34. The number of ether oxygens (including phenoxy) is 1. The summed E-state index contributed by atoms with van der Waals surface area (Å²) >= 11 is 0. The fourth-order valence-electron chi connectivity index (χ4n) is 2.73. The van der Waals surface area contributed by atoms with E-state index in [0.717, 1.165) is 28.8 Å². The first kappa shape index (κ1) is 18.4. The number of carbonyl (C=O) groups is 1. The summed E-state index contributed by atoms with van der Waals surface area (Å²) in [6.07, 6.45) is 0.724. The molecule has 0 spiro atoms. The van der Waals surface area contributed by atoms with Gasteiger partial charge in [-0.2, -0.15) is 5.10 Å². The number of nitrogens with zero attached hydrogens (tertiary/aromatic N) is 1. The Morgan fingerprint density at radius 3 is 2.22 bits per heavy atom. The van der Waals surface area contributed by atoms with Crippen molar-refractivity contribution in [2.45, 2.75) is 13.3 Å². The lowest BCUT2D eigenvalue weighted by atomic mass is 10.1. The molecular weight excluding hydrogens is 336 g/mol. The van der Waals surface area contributed by atoms with Crippen LogP contribution < -0.4 is 10.2 Å². The number of carbonyl (C=O) groups excluding carboxylic acids is 1. The highest BCUT2D eigenvalue weighted by Crippen LogP contribution is 2.29. The Kier molecular flexibility index (Phi) is 6.36. The Morgan fingerprint density at radius 2 is 1.52 bits per heavy atom. The first-order valence-corrected chi connectivity index (χ1v) is 8.96. The first-order chi connectivity index (χ1) is 13.3. The van der Waals surface area contributed by atoms with E-state index in [1.165, 1.54) is 0 Å². The van der Waals surface area contributed by atoms with Gasteiger partial charge in [0.25, 0.3) is 5.91 Å². The van der Waals surface area contributed by atoms with Crippen molar-refractivity contribution < 1.29 is 9.53 Å². The highest BCUT2D eigenvalue weighted by Gasteiger charge is 2.08. The Hall–Kier alpha value is -3.40. The van der Waals surface area contributed by atoms with Crippen LogP contribution in [0.4, 0.5) is 0 Å². The molecular formula is C23H22N2O2. The van der Waals surface area contributed by atoms with Crippen LogP contribution in [-0.2, 0) is 4.79 Å². The van der Waals surface area contributed by atoms with Crippen molar-refractivity contribution in [3.05, 3.63) is 90.5 Å². The molecule has 0 atom stereocenters. The zero-order chi connectivity index (χ0) is 18.9. The summed E-state index contributed by atoms with van der Waals surface area (Å²) in [5.41, 5.74) is 6.41. The van der Waals surface area contributed by atoms with Gasteiger partial charge in [-0.15, -0.1) is 0 Å². The maximum Gasteiger partial charge on any atom is 0.277 e. The quantitative estimate of drug-likeness (QED) is 0.493. The van der Waals surface area contributed by atoms with Gasteiger partial charge in [0.1, 0.15) is 5.75 Å². The minimum Gasteiger partial charge on any atom is -0.483 e. The molecule has 0 aliphatic carbocycles. The third-order valence-corrected chi connectivity index (χ3v) is 4.09. The topological polar surface area (TPSA) is 50.7 Å². The van der Waals surface area contributed by atoms with E-state index in [2.05, 4.69) is 10.5 Å². The molecule has 0 unspecified atom stereocenters. The Morgan fingerprint density at radius 1 is 0.889 bits per heavy atom. The first-order valence-electron chi connectivity index (χ1n) is 8.96. The van der Waals surface area contributed by atoms with E-state index >= 15 is 0 Å². The molecule has 1 N–H and O–H groups in total. The standard InChI is InChI=1S/C23H22N2O2/c1-2-21(19-13-7-4-8-14-19)24-25-23(26)17-27-22-16-10-9-15-20(22)18-11-5-3-6-12-18/h3-16H,2,17H2,1H3,(H,25,26)/b24-21+. The van der Waals surface area contributed by atoms with Crippen LogP contribution in [-0.4, -0.2) is 18.2 Å². The van der Waals surface area contributed by atoms with Crippen molar-refractivity contribution >= 4 is 11.6 Å². The van der Waals surface area contributed by atoms with Gasteiger partial charge in [0, 0.05) is 5.56 Å². The molecule has 136 valence electrons. The molecule has 0 bridgehead atoms. The molecule has 1 amide bonds. The smallest absolute Gasteiger partial charge is 0.277 e. The minimum absolute atomic E-state index is 0.0981. The number of benzene rings is 3. The second-order valence-electron chi connectivity index (χ2n) is 5.96. The molecule has 0 aliphatic heterocycles. The van der Waals surface area contributed by atoms with Gasteiger partial charge in [0.05, 0.1) is 5.71 Å². The zero-order valence-corrected chi connectivity index (χ0v) is 15.3. The molecule has 0 heterocycles. The van der Waals surface area contributed by atoms with Gasteiger partial charge in [0.2, 0.25) is 0 Å². The molecule has 0 fully saturated rings. The number of nitrogens with one attached hydrogen (secondary N) is 1. The average molecular weight is 358 g/mol. The molecule has 27 heavy (non-hydrogen) atoms. The summed E-state index contributed by atoms with van der Waals surface area (Å²) in [6, 6.07) is 27.4. The van der Waals surface area contributed by atoms with E-state index in [1.54, 1.807) is 0 Å². The lowest BCUT2D eigenvalue weighted by Gasteiger charge is -2.11. The maximum atomic E-state index is 12.2. The average Bonchev–Trinajstić information content (AvgIpc) is 2.74. The molecule has 4 heteroatoms. The second-order valence-corrected chi connectivity index (χ2v) is 5.96. The van der Waals surface area contributed by atoms with Crippen molar-refractivity contribution in [3.8, 4) is 16.9 Å². The molecule has 0 saturated carbocycles. The van der Waals surface area contributed by atoms with Crippen molar-refractivity contribution in [1.82, 2.24) is 5.43 Å². The number of hydrazone groups is 1. The van der Waals surface area contributed by atoms with E-state index in [0.29, 0.717) is 5.75 Å². The number of hydrogen-bond donors (Lipinski definition) is 1. The molecule has 0 radical (unpaired) electrons. The highest BCUT2D eigenvalue weighted by molar-refractivity contribution is 6.00. The van der Waals surface area contributed by atoms with Crippen LogP contribution in [0.25, 0.3) is 11.1 Å². The summed E-state index contributed by atoms with van der Waals surface area (Å²) in [5, 5.41) is 4.24. The van der Waals surface area contributed by atoms with Crippen LogP contribution in [0.2, 0.25) is 0 Å². The number of amides is 1. The van der Waals surface area contributed by atoms with Gasteiger partial charge < -0.3 is 4.74 Å². The van der Waals surface area contributed by atoms with Gasteiger partial charge in [-0.05, 0) is 23.6 Å².